The molecule has 0 aromatic heterocycles. The van der Waals surface area contributed by atoms with Crippen LogP contribution in [0.25, 0.3) is 0 Å². The van der Waals surface area contributed by atoms with Crippen LogP contribution >= 0.6 is 0 Å². The van der Waals surface area contributed by atoms with E-state index in [4.69, 9.17) is 10.2 Å². The number of nitrogens with two attached hydrogens (primary N) is 1. The van der Waals surface area contributed by atoms with Gasteiger partial charge in [-0.1, -0.05) is 19.1 Å². The Bertz CT molecular complexity index is 210. The van der Waals surface area contributed by atoms with Crippen LogP contribution in [0.4, 0.5) is 0 Å². The van der Waals surface area contributed by atoms with E-state index in [-0.39, 0.29) is 5.60 Å². The largest absolute Gasteiger partial charge is 0.413 e. The first-order valence-electron chi connectivity index (χ1n) is 6.38. The zero-order chi connectivity index (χ0) is 13.0. The van der Waals surface area contributed by atoms with E-state index in [9.17, 15) is 0 Å². The van der Waals surface area contributed by atoms with Gasteiger partial charge in [-0.05, 0) is 52.5 Å². The standard InChI is InChI=1S/C12H31NOSi2/c1-12(2,14-15(3,4)5)11-16(6,7)10-8-9-13/h8-11,13H2,1-7H3. The highest BCUT2D eigenvalue weighted by Crippen LogP contribution is 2.30. The molecular formula is C12H31NOSi2. The lowest BCUT2D eigenvalue weighted by Gasteiger charge is -2.38. The SMILES string of the molecule is CC(C)(C[Si](C)(C)CCCN)O[Si](C)(C)C. The second-order valence-corrected chi connectivity index (χ2v) is 16.8. The molecule has 0 saturated carbocycles. The minimum atomic E-state index is -1.43. The summed E-state index contributed by atoms with van der Waals surface area (Å²) in [5.41, 5.74) is 5.65. The first-order chi connectivity index (χ1) is 6.97. The van der Waals surface area contributed by atoms with Gasteiger partial charge in [0.2, 0.25) is 0 Å². The summed E-state index contributed by atoms with van der Waals surface area (Å²) in [5.74, 6) is 0. The Balaban J connectivity index is 4.33. The Labute approximate surface area is 104 Å². The molecule has 0 heterocycles. The lowest BCUT2D eigenvalue weighted by Crippen LogP contribution is -2.44. The van der Waals surface area contributed by atoms with E-state index in [1.165, 1.54) is 18.5 Å². The lowest BCUT2D eigenvalue weighted by molar-refractivity contribution is 0.120. The third-order valence-corrected chi connectivity index (χ3v) is 7.23. The highest BCUT2D eigenvalue weighted by molar-refractivity contribution is 6.77. The quantitative estimate of drug-likeness (QED) is 0.710. The van der Waals surface area contributed by atoms with Gasteiger partial charge in [0.05, 0.1) is 8.07 Å². The van der Waals surface area contributed by atoms with Crippen LogP contribution in [0, 0.1) is 0 Å². The summed E-state index contributed by atoms with van der Waals surface area (Å²) in [5, 5.41) is 0. The molecule has 0 amide bonds. The Morgan fingerprint density at radius 2 is 1.56 bits per heavy atom. The first-order valence-corrected chi connectivity index (χ1v) is 13.2. The summed E-state index contributed by atoms with van der Waals surface area (Å²) in [4.78, 5) is 0. The lowest BCUT2D eigenvalue weighted by atomic mass is 10.2. The third kappa shape index (κ3) is 8.50. The monoisotopic (exact) mass is 261 g/mol. The molecular weight excluding hydrogens is 230 g/mol. The van der Waals surface area contributed by atoms with Gasteiger partial charge in [0.25, 0.3) is 0 Å². The summed E-state index contributed by atoms with van der Waals surface area (Å²) >= 11 is 0. The van der Waals surface area contributed by atoms with Crippen LogP contribution < -0.4 is 5.73 Å². The molecule has 98 valence electrons. The maximum Gasteiger partial charge on any atom is 0.184 e. The van der Waals surface area contributed by atoms with Gasteiger partial charge >= 0.3 is 0 Å². The molecule has 0 atom stereocenters. The highest BCUT2D eigenvalue weighted by atomic mass is 28.4. The van der Waals surface area contributed by atoms with Crippen LogP contribution in [0.5, 0.6) is 0 Å². The van der Waals surface area contributed by atoms with Crippen molar-refractivity contribution in [1.82, 2.24) is 0 Å². The van der Waals surface area contributed by atoms with E-state index in [2.05, 4.69) is 46.6 Å². The molecule has 0 unspecified atom stereocenters. The average molecular weight is 262 g/mol. The Morgan fingerprint density at radius 1 is 1.06 bits per heavy atom. The van der Waals surface area contributed by atoms with Crippen molar-refractivity contribution in [2.75, 3.05) is 6.54 Å². The molecule has 2 nitrogen and oxygen atoms in total. The third-order valence-electron chi connectivity index (χ3n) is 2.54. The Morgan fingerprint density at radius 3 is 1.94 bits per heavy atom. The minimum absolute atomic E-state index is 0.0504. The second kappa shape index (κ2) is 5.80. The van der Waals surface area contributed by atoms with Gasteiger partial charge in [0.15, 0.2) is 8.32 Å². The average Bonchev–Trinajstić information content (AvgIpc) is 1.93. The number of hydrogen-bond acceptors (Lipinski definition) is 2. The van der Waals surface area contributed by atoms with E-state index >= 15 is 0 Å². The molecule has 16 heavy (non-hydrogen) atoms. The molecule has 0 spiro atoms. The molecule has 0 saturated heterocycles. The van der Waals surface area contributed by atoms with Gasteiger partial charge < -0.3 is 10.2 Å². The normalized spacial score (nSPS) is 14.2. The van der Waals surface area contributed by atoms with Gasteiger partial charge in [0.1, 0.15) is 0 Å². The first kappa shape index (κ1) is 16.4. The molecule has 0 aromatic rings. The van der Waals surface area contributed by atoms with Gasteiger partial charge in [0, 0.05) is 5.60 Å². The van der Waals surface area contributed by atoms with E-state index < -0.39 is 16.4 Å². The molecule has 0 radical (unpaired) electrons. The summed E-state index contributed by atoms with van der Waals surface area (Å²) in [6.45, 7) is 17.0. The highest BCUT2D eigenvalue weighted by Gasteiger charge is 2.33. The molecule has 0 aliphatic carbocycles. The zero-order valence-electron chi connectivity index (χ0n) is 12.3. The number of rotatable bonds is 7. The molecule has 0 aliphatic rings. The summed E-state index contributed by atoms with van der Waals surface area (Å²) < 4.78 is 6.28. The van der Waals surface area contributed by atoms with Crippen molar-refractivity contribution < 1.29 is 4.43 Å². The van der Waals surface area contributed by atoms with E-state index in [0.717, 1.165) is 6.54 Å². The molecule has 2 N–H and O–H groups in total. The fraction of sp³-hybridized carbons (Fsp3) is 1.00. The van der Waals surface area contributed by atoms with Crippen molar-refractivity contribution in [2.45, 2.75) is 70.7 Å². The molecule has 0 rings (SSSR count). The van der Waals surface area contributed by atoms with Crippen LogP contribution in [0.3, 0.4) is 0 Å². The van der Waals surface area contributed by atoms with Gasteiger partial charge in [-0.25, -0.2) is 0 Å². The molecule has 4 heteroatoms. The fourth-order valence-corrected chi connectivity index (χ4v) is 8.28. The summed E-state index contributed by atoms with van der Waals surface area (Å²) in [6.07, 6.45) is 1.17. The van der Waals surface area contributed by atoms with Crippen LogP contribution in [-0.2, 0) is 4.43 Å². The maximum atomic E-state index is 6.28. The number of hydrogen-bond donors (Lipinski definition) is 1. The van der Waals surface area contributed by atoms with Crippen LogP contribution in [0.15, 0.2) is 0 Å². The predicted octanol–water partition coefficient (Wildman–Crippen LogP) is 3.67. The molecule has 0 fully saturated rings. The van der Waals surface area contributed by atoms with E-state index in [1.54, 1.807) is 0 Å². The Kier molecular flexibility index (Phi) is 5.93. The van der Waals surface area contributed by atoms with Crippen molar-refractivity contribution in [3.05, 3.63) is 0 Å². The smallest absolute Gasteiger partial charge is 0.184 e. The predicted molar refractivity (Wildman–Crippen MR) is 79.3 cm³/mol. The van der Waals surface area contributed by atoms with Crippen molar-refractivity contribution in [3.8, 4) is 0 Å². The van der Waals surface area contributed by atoms with Gasteiger partial charge in [-0.15, -0.1) is 0 Å². The Hall–Kier alpha value is 0.354. The molecule has 0 bridgehead atoms. The zero-order valence-corrected chi connectivity index (χ0v) is 14.3. The summed E-state index contributed by atoms with van der Waals surface area (Å²) in [6, 6.07) is 2.56. The minimum Gasteiger partial charge on any atom is -0.413 e. The topological polar surface area (TPSA) is 35.2 Å². The maximum absolute atomic E-state index is 6.28. The van der Waals surface area contributed by atoms with Crippen molar-refractivity contribution >= 4 is 16.4 Å². The van der Waals surface area contributed by atoms with Crippen molar-refractivity contribution in [3.63, 3.8) is 0 Å². The van der Waals surface area contributed by atoms with E-state index in [1.807, 2.05) is 0 Å². The van der Waals surface area contributed by atoms with Crippen LogP contribution in [-0.4, -0.2) is 28.5 Å². The van der Waals surface area contributed by atoms with Crippen molar-refractivity contribution in [2.24, 2.45) is 5.73 Å². The fourth-order valence-electron chi connectivity index (χ4n) is 2.69. The van der Waals surface area contributed by atoms with Crippen LogP contribution in [0.1, 0.15) is 20.3 Å². The van der Waals surface area contributed by atoms with E-state index in [0.29, 0.717) is 0 Å². The summed E-state index contributed by atoms with van der Waals surface area (Å²) in [7, 11) is -2.57. The second-order valence-electron chi connectivity index (χ2n) is 7.21. The van der Waals surface area contributed by atoms with Crippen LogP contribution in [0.2, 0.25) is 44.8 Å². The van der Waals surface area contributed by atoms with Crippen molar-refractivity contribution in [1.29, 1.82) is 0 Å². The van der Waals surface area contributed by atoms with Gasteiger partial charge in [-0.2, -0.15) is 0 Å². The molecule has 0 aromatic carbocycles. The molecule has 0 aliphatic heterocycles. The van der Waals surface area contributed by atoms with Gasteiger partial charge in [-0.3, -0.25) is 0 Å².